The van der Waals surface area contributed by atoms with E-state index < -0.39 is 54.4 Å². The molecule has 0 unspecified atom stereocenters. The molecule has 0 aromatic carbocycles. The Balaban J connectivity index is 2.02. The van der Waals surface area contributed by atoms with Gasteiger partial charge in [-0.15, -0.1) is 0 Å². The van der Waals surface area contributed by atoms with Crippen LogP contribution in [0.1, 0.15) is 43.8 Å². The van der Waals surface area contributed by atoms with Crippen molar-refractivity contribution in [2.75, 3.05) is 6.54 Å². The topological polar surface area (TPSA) is 267 Å². The number of imidazole rings is 2. The van der Waals surface area contributed by atoms with Crippen LogP contribution >= 0.6 is 0 Å². The number of carboxylic acid groups (broad SMARTS) is 5. The van der Waals surface area contributed by atoms with Crippen molar-refractivity contribution in [2.45, 2.75) is 70.4 Å². The lowest BCUT2D eigenvalue weighted by Gasteiger charge is -2.23. The second-order valence-electron chi connectivity index (χ2n) is 9.27. The molecular formula is C24H33N7O11. The van der Waals surface area contributed by atoms with Gasteiger partial charge in [0.05, 0.1) is 13.1 Å². The van der Waals surface area contributed by atoms with Gasteiger partial charge >= 0.3 is 35.9 Å². The van der Waals surface area contributed by atoms with Crippen LogP contribution in [0.2, 0.25) is 0 Å². The van der Waals surface area contributed by atoms with Gasteiger partial charge in [0.1, 0.15) is 36.8 Å². The van der Waals surface area contributed by atoms with Crippen molar-refractivity contribution in [3.63, 3.8) is 0 Å². The number of nitrogens with one attached hydrogen (secondary N) is 2. The standard InChI is InChI=1S/C24H33N7O11/c32-19(33)5-4-16(23(40)41)28-24(42)27-15(22(38)39)3-1-2-8-29(11-17-25-6-9-30(17)13-20(34)35)12-18-26-7-10-31(18)14-21(36)37/h6-7,9-10,15-16H,1-5,8,11-14H2,(H,32,33)(H,34,35)(H,36,37)(H,38,39)(H,40,41)(H2,27,28,42)/t15-,16-/m0/s1. The van der Waals surface area contributed by atoms with Gasteiger partial charge in [-0.3, -0.25) is 19.3 Å². The molecule has 230 valence electrons. The number of aromatic nitrogens is 4. The average Bonchev–Trinajstić information content (AvgIpc) is 3.51. The predicted molar refractivity (Wildman–Crippen MR) is 139 cm³/mol. The quantitative estimate of drug-likeness (QED) is 0.0951. The number of hydrogen-bond donors (Lipinski definition) is 7. The summed E-state index contributed by atoms with van der Waals surface area (Å²) in [5.41, 5.74) is 0. The molecule has 0 aliphatic heterocycles. The van der Waals surface area contributed by atoms with Gasteiger partial charge in [-0.1, -0.05) is 0 Å². The molecule has 0 fully saturated rings. The molecule has 2 amide bonds. The van der Waals surface area contributed by atoms with Gasteiger partial charge in [-0.05, 0) is 32.2 Å². The molecule has 0 aliphatic carbocycles. The minimum atomic E-state index is -1.52. The maximum absolute atomic E-state index is 12.2. The molecule has 0 spiro atoms. The summed E-state index contributed by atoms with van der Waals surface area (Å²) in [7, 11) is 0. The van der Waals surface area contributed by atoms with E-state index in [9.17, 15) is 39.0 Å². The van der Waals surface area contributed by atoms with Crippen LogP contribution in [0, 0.1) is 0 Å². The summed E-state index contributed by atoms with van der Waals surface area (Å²) in [6.07, 6.45) is 5.70. The maximum Gasteiger partial charge on any atom is 0.326 e. The first-order valence-corrected chi connectivity index (χ1v) is 12.8. The van der Waals surface area contributed by atoms with E-state index in [0.29, 0.717) is 31.0 Å². The zero-order chi connectivity index (χ0) is 31.2. The maximum atomic E-state index is 12.2. The van der Waals surface area contributed by atoms with E-state index in [0.717, 1.165) is 0 Å². The summed E-state index contributed by atoms with van der Waals surface area (Å²) in [6, 6.07) is -3.96. The third-order valence-electron chi connectivity index (χ3n) is 6.02. The number of carboxylic acids is 5. The van der Waals surface area contributed by atoms with E-state index in [4.69, 9.17) is 15.3 Å². The monoisotopic (exact) mass is 595 g/mol. The van der Waals surface area contributed by atoms with Gasteiger partial charge in [0.2, 0.25) is 0 Å². The first-order chi connectivity index (χ1) is 19.8. The van der Waals surface area contributed by atoms with Gasteiger partial charge in [0.15, 0.2) is 0 Å². The fourth-order valence-corrected chi connectivity index (χ4v) is 4.00. The van der Waals surface area contributed by atoms with Crippen molar-refractivity contribution >= 4 is 35.9 Å². The van der Waals surface area contributed by atoms with Crippen LogP contribution in [0.5, 0.6) is 0 Å². The van der Waals surface area contributed by atoms with Crippen LogP contribution < -0.4 is 10.6 Å². The van der Waals surface area contributed by atoms with Crippen LogP contribution in [-0.2, 0) is 50.2 Å². The smallest absolute Gasteiger partial charge is 0.326 e. The van der Waals surface area contributed by atoms with E-state index in [1.807, 2.05) is 4.90 Å². The van der Waals surface area contributed by atoms with Crippen LogP contribution in [0.3, 0.4) is 0 Å². The molecule has 2 aromatic rings. The Kier molecular flexibility index (Phi) is 12.9. The fraction of sp³-hybridized carbons (Fsp3) is 0.500. The lowest BCUT2D eigenvalue weighted by Crippen LogP contribution is -2.51. The zero-order valence-electron chi connectivity index (χ0n) is 22.5. The van der Waals surface area contributed by atoms with Crippen LogP contribution in [0.4, 0.5) is 4.79 Å². The molecule has 2 rings (SSSR count). The lowest BCUT2D eigenvalue weighted by atomic mass is 10.1. The normalized spacial score (nSPS) is 12.4. The number of rotatable bonds is 20. The molecule has 0 bridgehead atoms. The van der Waals surface area contributed by atoms with Crippen molar-refractivity contribution < 1.29 is 54.3 Å². The largest absolute Gasteiger partial charge is 0.481 e. The number of hydrogen-bond acceptors (Lipinski definition) is 9. The Morgan fingerprint density at radius 2 is 1.19 bits per heavy atom. The summed E-state index contributed by atoms with van der Waals surface area (Å²) in [4.78, 5) is 78.6. The van der Waals surface area contributed by atoms with Gasteiger partial charge in [0.25, 0.3) is 0 Å². The summed E-state index contributed by atoms with van der Waals surface area (Å²) in [6.45, 7) is 0.0642. The van der Waals surface area contributed by atoms with Crippen LogP contribution in [0.15, 0.2) is 24.8 Å². The molecule has 0 radical (unpaired) electrons. The molecule has 18 nitrogen and oxygen atoms in total. The molecule has 2 heterocycles. The Morgan fingerprint density at radius 3 is 1.62 bits per heavy atom. The fourth-order valence-electron chi connectivity index (χ4n) is 4.00. The van der Waals surface area contributed by atoms with E-state index in [1.54, 1.807) is 0 Å². The zero-order valence-corrected chi connectivity index (χ0v) is 22.5. The molecule has 0 aliphatic rings. The molecule has 0 saturated carbocycles. The van der Waals surface area contributed by atoms with Crippen molar-refractivity contribution in [3.05, 3.63) is 36.4 Å². The van der Waals surface area contributed by atoms with Crippen molar-refractivity contribution in [1.29, 1.82) is 0 Å². The third kappa shape index (κ3) is 11.6. The molecule has 7 N–H and O–H groups in total. The summed E-state index contributed by atoms with van der Waals surface area (Å²) in [5, 5.41) is 50.0. The predicted octanol–water partition coefficient (Wildman–Crippen LogP) is -0.508. The average molecular weight is 596 g/mol. The second kappa shape index (κ2) is 16.3. The SMILES string of the molecule is O=C(O)CC[C@H](NC(=O)N[C@@H](CCCCN(Cc1nccn1CC(=O)O)Cc1nccn1CC(=O)O)C(=O)O)C(=O)O. The third-order valence-corrected chi connectivity index (χ3v) is 6.02. The number of amides is 2. The van der Waals surface area contributed by atoms with E-state index in [1.165, 1.54) is 33.9 Å². The van der Waals surface area contributed by atoms with E-state index >= 15 is 0 Å². The number of nitrogens with zero attached hydrogens (tertiary/aromatic N) is 5. The van der Waals surface area contributed by atoms with Crippen molar-refractivity contribution in [1.82, 2.24) is 34.6 Å². The van der Waals surface area contributed by atoms with Gasteiger partial charge < -0.3 is 45.3 Å². The molecule has 2 atom stereocenters. The number of urea groups is 1. The minimum absolute atomic E-state index is 0.0231. The van der Waals surface area contributed by atoms with Crippen LogP contribution in [0.25, 0.3) is 0 Å². The number of aliphatic carboxylic acids is 5. The first kappa shape index (κ1) is 33.2. The van der Waals surface area contributed by atoms with Gasteiger partial charge in [-0.25, -0.2) is 24.4 Å². The highest BCUT2D eigenvalue weighted by molar-refractivity contribution is 5.86. The molecule has 2 aromatic heterocycles. The highest BCUT2D eigenvalue weighted by Crippen LogP contribution is 2.12. The molecule has 18 heteroatoms. The van der Waals surface area contributed by atoms with E-state index in [-0.39, 0.29) is 39.0 Å². The second-order valence-corrected chi connectivity index (χ2v) is 9.27. The lowest BCUT2D eigenvalue weighted by molar-refractivity contribution is -0.141. The van der Waals surface area contributed by atoms with Crippen LogP contribution in [-0.4, -0.2) is 104 Å². The Labute approximate surface area is 238 Å². The van der Waals surface area contributed by atoms with E-state index in [2.05, 4.69) is 20.6 Å². The summed E-state index contributed by atoms with van der Waals surface area (Å²) < 4.78 is 2.89. The minimum Gasteiger partial charge on any atom is -0.481 e. The number of carbonyl (C=O) groups excluding carboxylic acids is 1. The molecular weight excluding hydrogens is 562 g/mol. The van der Waals surface area contributed by atoms with Crippen molar-refractivity contribution in [2.24, 2.45) is 0 Å². The van der Waals surface area contributed by atoms with Gasteiger partial charge in [-0.2, -0.15) is 0 Å². The highest BCUT2D eigenvalue weighted by atomic mass is 16.4. The number of carbonyl (C=O) groups is 6. The summed E-state index contributed by atoms with van der Waals surface area (Å²) >= 11 is 0. The van der Waals surface area contributed by atoms with Gasteiger partial charge in [0, 0.05) is 31.2 Å². The number of unbranched alkanes of at least 4 members (excludes halogenated alkanes) is 1. The molecule has 42 heavy (non-hydrogen) atoms. The Bertz CT molecular complexity index is 1200. The van der Waals surface area contributed by atoms with Crippen molar-refractivity contribution in [3.8, 4) is 0 Å². The first-order valence-electron chi connectivity index (χ1n) is 12.8. The molecule has 0 saturated heterocycles. The summed E-state index contributed by atoms with van der Waals surface area (Å²) in [5.74, 6) is -5.33. The Morgan fingerprint density at radius 1 is 0.714 bits per heavy atom. The highest BCUT2D eigenvalue weighted by Gasteiger charge is 2.25. The Hall–Kier alpha value is -5.00.